The van der Waals surface area contributed by atoms with E-state index in [-0.39, 0.29) is 17.7 Å². The van der Waals surface area contributed by atoms with Gasteiger partial charge in [-0.2, -0.15) is 4.98 Å². The number of aryl methyl sites for hydroxylation is 1. The topological polar surface area (TPSA) is 110 Å². The molecule has 0 spiro atoms. The van der Waals surface area contributed by atoms with Crippen LogP contribution in [0.25, 0.3) is 20.8 Å². The second-order valence-corrected chi connectivity index (χ2v) is 15.7. The molecule has 204 valence electrons. The monoisotopic (exact) mass is 554 g/mol. The second-order valence-electron chi connectivity index (χ2n) is 11.8. The fourth-order valence-electron chi connectivity index (χ4n) is 5.93. The number of anilines is 2. The quantitative estimate of drug-likeness (QED) is 0.327. The lowest BCUT2D eigenvalue weighted by molar-refractivity contribution is 0.403. The summed E-state index contributed by atoms with van der Waals surface area (Å²) in [5.41, 5.74) is 3.95. The SMILES string of the molecule is CCS(=O)(=O)C(C)(C)C1CCC(Nc2nc(NC3CCC3)nc(C)c2-c2nc3c(C4CC4)nccc3s2)C1. The molecule has 3 heterocycles. The van der Waals surface area contributed by atoms with Gasteiger partial charge in [0.25, 0.3) is 0 Å². The summed E-state index contributed by atoms with van der Waals surface area (Å²) in [6.45, 7) is 7.57. The van der Waals surface area contributed by atoms with Crippen molar-refractivity contribution in [1.82, 2.24) is 19.9 Å². The molecule has 3 fully saturated rings. The van der Waals surface area contributed by atoms with Gasteiger partial charge in [-0.3, -0.25) is 4.98 Å². The smallest absolute Gasteiger partial charge is 0.225 e. The van der Waals surface area contributed by atoms with Crippen LogP contribution in [0.4, 0.5) is 11.8 Å². The highest BCUT2D eigenvalue weighted by Crippen LogP contribution is 2.45. The predicted molar refractivity (Wildman–Crippen MR) is 155 cm³/mol. The Labute approximate surface area is 229 Å². The van der Waals surface area contributed by atoms with Crippen molar-refractivity contribution in [2.45, 2.75) is 102 Å². The highest BCUT2D eigenvalue weighted by Gasteiger charge is 2.44. The number of thiazole rings is 1. The largest absolute Gasteiger partial charge is 0.367 e. The van der Waals surface area contributed by atoms with Gasteiger partial charge in [0.2, 0.25) is 5.95 Å². The maximum Gasteiger partial charge on any atom is 0.225 e. The van der Waals surface area contributed by atoms with Crippen LogP contribution >= 0.6 is 11.3 Å². The number of pyridine rings is 1. The van der Waals surface area contributed by atoms with Crippen molar-refractivity contribution < 1.29 is 8.42 Å². The fraction of sp³-hybridized carbons (Fsp3) is 0.643. The van der Waals surface area contributed by atoms with Crippen LogP contribution in [0, 0.1) is 12.8 Å². The van der Waals surface area contributed by atoms with E-state index in [4.69, 9.17) is 15.0 Å². The zero-order valence-corrected chi connectivity index (χ0v) is 24.4. The van der Waals surface area contributed by atoms with E-state index in [1.165, 1.54) is 19.3 Å². The Kier molecular flexibility index (Phi) is 6.61. The Morgan fingerprint density at radius 1 is 1.03 bits per heavy atom. The van der Waals surface area contributed by atoms with Gasteiger partial charge in [0.1, 0.15) is 16.3 Å². The average molecular weight is 555 g/mol. The lowest BCUT2D eigenvalue weighted by atomic mass is 9.93. The molecular formula is C28H38N6O2S2. The van der Waals surface area contributed by atoms with E-state index in [9.17, 15) is 8.42 Å². The molecule has 2 N–H and O–H groups in total. The Morgan fingerprint density at radius 3 is 2.50 bits per heavy atom. The molecule has 6 rings (SSSR count). The fourth-order valence-corrected chi connectivity index (χ4v) is 8.47. The number of hydrogen-bond donors (Lipinski definition) is 2. The van der Waals surface area contributed by atoms with Crippen molar-refractivity contribution in [2.24, 2.45) is 5.92 Å². The number of rotatable bonds is 9. The Bertz CT molecular complexity index is 1460. The first-order chi connectivity index (χ1) is 18.2. The predicted octanol–water partition coefficient (Wildman–Crippen LogP) is 6.09. The summed E-state index contributed by atoms with van der Waals surface area (Å²) in [4.78, 5) is 19.6. The Hall–Kier alpha value is -2.33. The summed E-state index contributed by atoms with van der Waals surface area (Å²) in [5.74, 6) is 2.26. The minimum atomic E-state index is -3.15. The molecule has 3 aromatic heterocycles. The van der Waals surface area contributed by atoms with Gasteiger partial charge >= 0.3 is 0 Å². The number of hydrogen-bond acceptors (Lipinski definition) is 9. The van der Waals surface area contributed by atoms with Gasteiger partial charge in [-0.05, 0) is 84.1 Å². The van der Waals surface area contributed by atoms with E-state index in [1.807, 2.05) is 27.0 Å². The molecular weight excluding hydrogens is 516 g/mol. The van der Waals surface area contributed by atoms with Gasteiger partial charge < -0.3 is 10.6 Å². The number of sulfone groups is 1. The van der Waals surface area contributed by atoms with Crippen LogP contribution < -0.4 is 10.6 Å². The lowest BCUT2D eigenvalue weighted by Crippen LogP contribution is -2.40. The molecule has 10 heteroatoms. The standard InChI is InChI=1S/C28H38N6O2S2/c1-5-38(35,36)28(3,4)18-11-12-20(15-18)31-25-22(16(2)30-27(34-25)32-19-7-6-8-19)26-33-24-21(37-26)13-14-29-23(24)17-9-10-17/h13-14,17-20H,5-12,15H2,1-4H3,(H2,30,31,32,34). The van der Waals surface area contributed by atoms with Crippen molar-refractivity contribution >= 4 is 43.2 Å². The van der Waals surface area contributed by atoms with Crippen molar-refractivity contribution in [2.75, 3.05) is 16.4 Å². The van der Waals surface area contributed by atoms with Gasteiger partial charge in [0.05, 0.1) is 26.4 Å². The van der Waals surface area contributed by atoms with Crippen molar-refractivity contribution in [3.05, 3.63) is 23.7 Å². The van der Waals surface area contributed by atoms with E-state index in [2.05, 4.69) is 21.7 Å². The van der Waals surface area contributed by atoms with Gasteiger partial charge in [-0.1, -0.05) is 6.92 Å². The van der Waals surface area contributed by atoms with Crippen molar-refractivity contribution in [3.63, 3.8) is 0 Å². The van der Waals surface area contributed by atoms with Gasteiger partial charge in [0.15, 0.2) is 9.84 Å². The molecule has 0 bridgehead atoms. The highest BCUT2D eigenvalue weighted by atomic mass is 32.2. The number of nitrogens with zero attached hydrogens (tertiary/aromatic N) is 4. The van der Waals surface area contributed by atoms with E-state index in [0.29, 0.717) is 17.9 Å². The van der Waals surface area contributed by atoms with Crippen LogP contribution in [-0.2, 0) is 9.84 Å². The molecule has 2 unspecified atom stereocenters. The normalized spacial score (nSPS) is 22.5. The van der Waals surface area contributed by atoms with E-state index in [1.54, 1.807) is 18.3 Å². The van der Waals surface area contributed by atoms with E-state index >= 15 is 0 Å². The molecule has 8 nitrogen and oxygen atoms in total. The van der Waals surface area contributed by atoms with E-state index in [0.717, 1.165) is 70.1 Å². The van der Waals surface area contributed by atoms with Crippen LogP contribution in [0.15, 0.2) is 12.3 Å². The third kappa shape index (κ3) is 4.68. The van der Waals surface area contributed by atoms with Crippen LogP contribution in [0.3, 0.4) is 0 Å². The molecule has 0 aromatic carbocycles. The zero-order valence-electron chi connectivity index (χ0n) is 22.7. The summed E-state index contributed by atoms with van der Waals surface area (Å²) >= 11 is 1.67. The Morgan fingerprint density at radius 2 is 1.82 bits per heavy atom. The average Bonchev–Trinajstić information content (AvgIpc) is 3.43. The summed E-state index contributed by atoms with van der Waals surface area (Å²) in [6.07, 6.45) is 10.4. The molecule has 0 saturated heterocycles. The molecule has 0 radical (unpaired) electrons. The third-order valence-corrected chi connectivity index (χ3v) is 12.7. The summed E-state index contributed by atoms with van der Waals surface area (Å²) < 4.78 is 26.1. The van der Waals surface area contributed by atoms with Crippen molar-refractivity contribution in [3.8, 4) is 10.6 Å². The third-order valence-electron chi connectivity index (χ3n) is 8.98. The van der Waals surface area contributed by atoms with Crippen LogP contribution in [-0.4, -0.2) is 50.9 Å². The molecule has 3 aromatic rings. The first-order valence-electron chi connectivity index (χ1n) is 14.1. The first-order valence-corrected chi connectivity index (χ1v) is 16.5. The summed E-state index contributed by atoms with van der Waals surface area (Å²) in [7, 11) is -3.15. The molecule has 38 heavy (non-hydrogen) atoms. The molecule has 3 saturated carbocycles. The molecule has 3 aliphatic carbocycles. The minimum Gasteiger partial charge on any atom is -0.367 e. The maximum atomic E-state index is 12.8. The van der Waals surface area contributed by atoms with Gasteiger partial charge in [-0.25, -0.2) is 18.4 Å². The maximum absolute atomic E-state index is 12.8. The van der Waals surface area contributed by atoms with Gasteiger partial charge in [0, 0.05) is 30.0 Å². The molecule has 2 atom stereocenters. The van der Waals surface area contributed by atoms with Gasteiger partial charge in [-0.15, -0.1) is 11.3 Å². The van der Waals surface area contributed by atoms with Crippen molar-refractivity contribution in [1.29, 1.82) is 0 Å². The highest BCUT2D eigenvalue weighted by molar-refractivity contribution is 7.92. The van der Waals surface area contributed by atoms with E-state index < -0.39 is 14.6 Å². The minimum absolute atomic E-state index is 0.110. The summed E-state index contributed by atoms with van der Waals surface area (Å²) in [5, 5.41) is 8.15. The van der Waals surface area contributed by atoms with Crippen LogP contribution in [0.5, 0.6) is 0 Å². The molecule has 0 amide bonds. The number of aromatic nitrogens is 4. The molecule has 3 aliphatic rings. The van der Waals surface area contributed by atoms with Crippen LogP contribution in [0.2, 0.25) is 0 Å². The zero-order chi connectivity index (χ0) is 26.7. The molecule has 0 aliphatic heterocycles. The summed E-state index contributed by atoms with van der Waals surface area (Å²) in [6, 6.07) is 2.63. The first kappa shape index (κ1) is 25.9. The number of fused-ring (bicyclic) bond motifs is 1. The second kappa shape index (κ2) is 9.70. The van der Waals surface area contributed by atoms with Crippen LogP contribution in [0.1, 0.15) is 89.4 Å². The number of nitrogens with one attached hydrogen (secondary N) is 2. The Balaban J connectivity index is 1.34. The lowest BCUT2D eigenvalue weighted by Gasteiger charge is -2.31.